The Balaban J connectivity index is 2.19. The van der Waals surface area contributed by atoms with Crippen LogP contribution < -0.4 is 10.2 Å². The predicted octanol–water partition coefficient (Wildman–Crippen LogP) is 1.55. The average molecular weight is 276 g/mol. The molecule has 0 radical (unpaired) electrons. The number of rotatable bonds is 4. The summed E-state index contributed by atoms with van der Waals surface area (Å²) in [5.41, 5.74) is 1.71. The van der Waals surface area contributed by atoms with E-state index in [9.17, 15) is 9.59 Å². The van der Waals surface area contributed by atoms with Gasteiger partial charge in [-0.1, -0.05) is 24.1 Å². The van der Waals surface area contributed by atoms with Crippen molar-refractivity contribution in [1.82, 2.24) is 5.32 Å². The number of nitrogens with zero attached hydrogens (tertiary/aromatic N) is 1. The second kappa shape index (κ2) is 6.52. The van der Waals surface area contributed by atoms with Crippen molar-refractivity contribution in [1.29, 1.82) is 0 Å². The zero-order chi connectivity index (χ0) is 14.5. The lowest BCUT2D eigenvalue weighted by Gasteiger charge is -2.29. The molecule has 0 bridgehead atoms. The molecule has 2 N–H and O–H groups in total. The maximum Gasteiger partial charge on any atom is 0.323 e. The van der Waals surface area contributed by atoms with E-state index >= 15 is 0 Å². The minimum atomic E-state index is -1.00. The molecule has 0 saturated carbocycles. The third-order valence-electron chi connectivity index (χ3n) is 3.51. The van der Waals surface area contributed by atoms with Gasteiger partial charge in [-0.05, 0) is 38.4 Å². The normalized spacial score (nSPS) is 18.6. The van der Waals surface area contributed by atoms with E-state index in [-0.39, 0.29) is 18.5 Å². The van der Waals surface area contributed by atoms with Crippen molar-refractivity contribution in [2.45, 2.75) is 32.2 Å². The highest BCUT2D eigenvalue weighted by Crippen LogP contribution is 2.18. The first-order valence-electron chi connectivity index (χ1n) is 6.91. The lowest BCUT2D eigenvalue weighted by molar-refractivity contribution is -0.137. The minimum Gasteiger partial charge on any atom is -0.480 e. The monoisotopic (exact) mass is 276 g/mol. The SMILES string of the molecule is Cc1ccc(N(CC(=O)O)C(=O)[C@H]2CCCCN2)cc1. The van der Waals surface area contributed by atoms with Crippen molar-refractivity contribution < 1.29 is 14.7 Å². The summed E-state index contributed by atoms with van der Waals surface area (Å²) in [6.45, 7) is 2.46. The number of carbonyl (C=O) groups excluding carboxylic acids is 1. The van der Waals surface area contributed by atoms with E-state index in [2.05, 4.69) is 5.32 Å². The highest BCUT2D eigenvalue weighted by Gasteiger charge is 2.27. The average Bonchev–Trinajstić information content (AvgIpc) is 2.46. The molecule has 0 aromatic heterocycles. The van der Waals surface area contributed by atoms with Gasteiger partial charge < -0.3 is 10.4 Å². The van der Waals surface area contributed by atoms with Crippen molar-refractivity contribution in [3.63, 3.8) is 0 Å². The van der Waals surface area contributed by atoms with Crippen LogP contribution in [0.2, 0.25) is 0 Å². The van der Waals surface area contributed by atoms with Gasteiger partial charge in [0.05, 0.1) is 6.04 Å². The number of hydrogen-bond acceptors (Lipinski definition) is 3. The smallest absolute Gasteiger partial charge is 0.323 e. The number of benzene rings is 1. The molecule has 20 heavy (non-hydrogen) atoms. The second-order valence-electron chi connectivity index (χ2n) is 5.16. The minimum absolute atomic E-state index is 0.157. The zero-order valence-electron chi connectivity index (χ0n) is 11.6. The Morgan fingerprint density at radius 3 is 2.55 bits per heavy atom. The molecule has 5 nitrogen and oxygen atoms in total. The first kappa shape index (κ1) is 14.5. The molecule has 1 fully saturated rings. The second-order valence-corrected chi connectivity index (χ2v) is 5.16. The van der Waals surface area contributed by atoms with Gasteiger partial charge >= 0.3 is 5.97 Å². The number of carboxylic acid groups (broad SMARTS) is 1. The van der Waals surface area contributed by atoms with E-state index in [1.165, 1.54) is 4.90 Å². The number of aliphatic carboxylic acids is 1. The number of hydrogen-bond donors (Lipinski definition) is 2. The summed E-state index contributed by atoms with van der Waals surface area (Å²) >= 11 is 0. The predicted molar refractivity (Wildman–Crippen MR) is 76.8 cm³/mol. The van der Waals surface area contributed by atoms with Gasteiger partial charge in [0.25, 0.3) is 0 Å². The van der Waals surface area contributed by atoms with E-state index in [0.29, 0.717) is 5.69 Å². The molecular formula is C15H20N2O3. The molecule has 1 heterocycles. The maximum atomic E-state index is 12.5. The first-order valence-corrected chi connectivity index (χ1v) is 6.91. The largest absolute Gasteiger partial charge is 0.480 e. The Kier molecular flexibility index (Phi) is 4.74. The van der Waals surface area contributed by atoms with Gasteiger partial charge in [0.15, 0.2) is 0 Å². The molecule has 1 amide bonds. The molecule has 108 valence electrons. The maximum absolute atomic E-state index is 12.5. The van der Waals surface area contributed by atoms with Crippen LogP contribution in [0.15, 0.2) is 24.3 Å². The van der Waals surface area contributed by atoms with Gasteiger partial charge in [0.2, 0.25) is 5.91 Å². The van der Waals surface area contributed by atoms with Gasteiger partial charge in [-0.15, -0.1) is 0 Å². The number of carbonyl (C=O) groups is 2. The molecule has 0 unspecified atom stereocenters. The van der Waals surface area contributed by atoms with Crippen LogP contribution in [0.1, 0.15) is 24.8 Å². The van der Waals surface area contributed by atoms with E-state index in [1.807, 2.05) is 19.1 Å². The number of piperidine rings is 1. The van der Waals surface area contributed by atoms with Crippen LogP contribution in [0.25, 0.3) is 0 Å². The van der Waals surface area contributed by atoms with Crippen molar-refractivity contribution in [3.05, 3.63) is 29.8 Å². The van der Waals surface area contributed by atoms with E-state index in [4.69, 9.17) is 5.11 Å². The van der Waals surface area contributed by atoms with Crippen LogP contribution >= 0.6 is 0 Å². The summed E-state index contributed by atoms with van der Waals surface area (Å²) in [5.74, 6) is -1.16. The molecule has 1 aliphatic rings. The number of amides is 1. The molecule has 1 aromatic rings. The van der Waals surface area contributed by atoms with Crippen molar-refractivity contribution in [2.24, 2.45) is 0 Å². The molecule has 1 saturated heterocycles. The highest BCUT2D eigenvalue weighted by molar-refractivity contribution is 6.00. The lowest BCUT2D eigenvalue weighted by atomic mass is 10.0. The summed E-state index contributed by atoms with van der Waals surface area (Å²) in [4.78, 5) is 24.9. The van der Waals surface area contributed by atoms with Gasteiger partial charge in [0.1, 0.15) is 6.54 Å². The molecule has 1 aliphatic heterocycles. The Morgan fingerprint density at radius 1 is 1.30 bits per heavy atom. The van der Waals surface area contributed by atoms with E-state index in [0.717, 1.165) is 31.4 Å². The summed E-state index contributed by atoms with van der Waals surface area (Å²) in [5, 5.41) is 12.2. The molecule has 0 spiro atoms. The Morgan fingerprint density at radius 2 is 2.00 bits per heavy atom. The molecular weight excluding hydrogens is 256 g/mol. The zero-order valence-corrected chi connectivity index (χ0v) is 11.6. The topological polar surface area (TPSA) is 69.6 Å². The van der Waals surface area contributed by atoms with Crippen LogP contribution in [0.5, 0.6) is 0 Å². The van der Waals surface area contributed by atoms with Crippen molar-refractivity contribution in [2.75, 3.05) is 18.0 Å². The van der Waals surface area contributed by atoms with Crippen LogP contribution in [-0.2, 0) is 9.59 Å². The van der Waals surface area contributed by atoms with Crippen LogP contribution in [0, 0.1) is 6.92 Å². The lowest BCUT2D eigenvalue weighted by Crippen LogP contribution is -2.50. The molecule has 5 heteroatoms. The molecule has 0 aliphatic carbocycles. The Labute approximate surface area is 118 Å². The van der Waals surface area contributed by atoms with Crippen LogP contribution in [0.3, 0.4) is 0 Å². The van der Waals surface area contributed by atoms with Crippen LogP contribution in [0.4, 0.5) is 5.69 Å². The molecule has 1 aromatic carbocycles. The number of carboxylic acids is 1. The third-order valence-corrected chi connectivity index (χ3v) is 3.51. The van der Waals surface area contributed by atoms with Crippen molar-refractivity contribution in [3.8, 4) is 0 Å². The van der Waals surface area contributed by atoms with E-state index in [1.54, 1.807) is 12.1 Å². The van der Waals surface area contributed by atoms with Crippen molar-refractivity contribution >= 4 is 17.6 Å². The fourth-order valence-electron chi connectivity index (χ4n) is 2.41. The molecule has 2 rings (SSSR count). The van der Waals surface area contributed by atoms with Gasteiger partial charge in [-0.25, -0.2) is 0 Å². The van der Waals surface area contributed by atoms with Crippen LogP contribution in [-0.4, -0.2) is 36.1 Å². The molecule has 1 atom stereocenters. The number of aryl methyl sites for hydroxylation is 1. The van der Waals surface area contributed by atoms with Gasteiger partial charge in [-0.3, -0.25) is 14.5 Å². The quantitative estimate of drug-likeness (QED) is 0.875. The van der Waals surface area contributed by atoms with Gasteiger partial charge in [-0.2, -0.15) is 0 Å². The standard InChI is InChI=1S/C15H20N2O3/c1-11-5-7-12(8-6-11)17(10-14(18)19)15(20)13-4-2-3-9-16-13/h5-8,13,16H,2-4,9-10H2,1H3,(H,18,19)/t13-/m1/s1. The number of anilines is 1. The highest BCUT2D eigenvalue weighted by atomic mass is 16.4. The fourth-order valence-corrected chi connectivity index (χ4v) is 2.41. The first-order chi connectivity index (χ1) is 9.58. The summed E-state index contributed by atoms with van der Waals surface area (Å²) < 4.78 is 0. The summed E-state index contributed by atoms with van der Waals surface area (Å²) in [6.07, 6.45) is 2.83. The summed E-state index contributed by atoms with van der Waals surface area (Å²) in [6, 6.07) is 7.07. The Hall–Kier alpha value is -1.88. The van der Waals surface area contributed by atoms with E-state index < -0.39 is 5.97 Å². The Bertz CT molecular complexity index is 478. The van der Waals surface area contributed by atoms with Gasteiger partial charge in [0, 0.05) is 5.69 Å². The summed E-state index contributed by atoms with van der Waals surface area (Å²) in [7, 11) is 0. The third kappa shape index (κ3) is 3.57. The fraction of sp³-hybridized carbons (Fsp3) is 0.467. The number of nitrogens with one attached hydrogen (secondary N) is 1.